The Kier molecular flexibility index (Phi) is 5.33. The molecule has 1 N–H and O–H groups in total. The predicted octanol–water partition coefficient (Wildman–Crippen LogP) is 1.13. The van der Waals surface area contributed by atoms with Gasteiger partial charge in [0.2, 0.25) is 10.0 Å². The summed E-state index contributed by atoms with van der Waals surface area (Å²) in [7, 11) is -3.47. The third kappa shape index (κ3) is 4.03. The molecule has 0 atom stereocenters. The number of unbranched alkanes of at least 4 members (excludes halogenated alkanes) is 1. The molecule has 6 nitrogen and oxygen atoms in total. The van der Waals surface area contributed by atoms with Crippen molar-refractivity contribution in [3.63, 3.8) is 0 Å². The molecule has 0 radical (unpaired) electrons. The van der Waals surface area contributed by atoms with Crippen LogP contribution in [0.4, 0.5) is 5.69 Å². The lowest BCUT2D eigenvalue weighted by atomic mass is 10.2. The van der Waals surface area contributed by atoms with Crippen molar-refractivity contribution in [1.82, 2.24) is 4.72 Å². The second-order valence-corrected chi connectivity index (χ2v) is 6.61. The van der Waals surface area contributed by atoms with Crippen LogP contribution in [0.25, 0.3) is 0 Å². The first kappa shape index (κ1) is 15.9. The van der Waals surface area contributed by atoms with E-state index in [0.29, 0.717) is 25.4 Å². The minimum absolute atomic E-state index is 0.0681. The topological polar surface area (TPSA) is 75.7 Å². The van der Waals surface area contributed by atoms with Gasteiger partial charge in [0.05, 0.1) is 11.5 Å². The number of hydrogen-bond acceptors (Lipinski definition) is 4. The number of carbonyl (C=O) groups is 1. The van der Waals surface area contributed by atoms with Crippen molar-refractivity contribution in [2.75, 3.05) is 31.2 Å². The zero-order valence-electron chi connectivity index (χ0n) is 12.0. The highest BCUT2D eigenvalue weighted by molar-refractivity contribution is 7.89. The van der Waals surface area contributed by atoms with Crippen LogP contribution in [0.2, 0.25) is 0 Å². The summed E-state index contributed by atoms with van der Waals surface area (Å²) >= 11 is 0. The average molecular weight is 312 g/mol. The SMILES string of the molecule is CCCCNS(=O)(=O)c1ccc(N2CCOCC2=O)cc1. The Morgan fingerprint density at radius 3 is 2.62 bits per heavy atom. The molecule has 1 aromatic carbocycles. The Morgan fingerprint density at radius 2 is 2.00 bits per heavy atom. The van der Waals surface area contributed by atoms with Crippen LogP contribution in [0.15, 0.2) is 29.2 Å². The summed E-state index contributed by atoms with van der Waals surface area (Å²) < 4.78 is 31.7. The number of sulfonamides is 1. The average Bonchev–Trinajstić information content (AvgIpc) is 2.48. The molecule has 1 aromatic rings. The lowest BCUT2D eigenvalue weighted by Crippen LogP contribution is -2.41. The van der Waals surface area contributed by atoms with Gasteiger partial charge in [-0.25, -0.2) is 13.1 Å². The van der Waals surface area contributed by atoms with E-state index in [1.54, 1.807) is 17.0 Å². The summed E-state index contributed by atoms with van der Waals surface area (Å²) in [5.74, 6) is -0.113. The van der Waals surface area contributed by atoms with E-state index in [4.69, 9.17) is 4.74 Å². The van der Waals surface area contributed by atoms with E-state index < -0.39 is 10.0 Å². The highest BCUT2D eigenvalue weighted by Crippen LogP contribution is 2.19. The van der Waals surface area contributed by atoms with Gasteiger partial charge in [0.1, 0.15) is 6.61 Å². The first-order valence-corrected chi connectivity index (χ1v) is 8.51. The summed E-state index contributed by atoms with van der Waals surface area (Å²) in [5, 5.41) is 0. The van der Waals surface area contributed by atoms with Crippen molar-refractivity contribution in [2.24, 2.45) is 0 Å². The Bertz CT molecular complexity index is 583. The van der Waals surface area contributed by atoms with Crippen LogP contribution in [-0.4, -0.2) is 40.6 Å². The van der Waals surface area contributed by atoms with E-state index >= 15 is 0 Å². The molecule has 2 rings (SSSR count). The van der Waals surface area contributed by atoms with Crippen LogP contribution >= 0.6 is 0 Å². The van der Waals surface area contributed by atoms with E-state index in [1.165, 1.54) is 12.1 Å². The van der Waals surface area contributed by atoms with Crippen LogP contribution in [-0.2, 0) is 19.6 Å². The highest BCUT2D eigenvalue weighted by Gasteiger charge is 2.21. The molecule has 1 aliphatic heterocycles. The molecule has 7 heteroatoms. The third-order valence-electron chi connectivity index (χ3n) is 3.27. The molecule has 0 saturated carbocycles. The van der Waals surface area contributed by atoms with Gasteiger partial charge in [-0.05, 0) is 30.7 Å². The Hall–Kier alpha value is -1.44. The fraction of sp³-hybridized carbons (Fsp3) is 0.500. The van der Waals surface area contributed by atoms with Crippen LogP contribution in [0, 0.1) is 0 Å². The van der Waals surface area contributed by atoms with Crippen LogP contribution in [0.5, 0.6) is 0 Å². The van der Waals surface area contributed by atoms with Crippen molar-refractivity contribution >= 4 is 21.6 Å². The minimum Gasteiger partial charge on any atom is -0.370 e. The number of rotatable bonds is 6. The van der Waals surface area contributed by atoms with Gasteiger partial charge < -0.3 is 9.64 Å². The minimum atomic E-state index is -3.47. The first-order chi connectivity index (χ1) is 10.0. The van der Waals surface area contributed by atoms with Crippen LogP contribution < -0.4 is 9.62 Å². The number of amides is 1. The number of ether oxygens (including phenoxy) is 1. The van der Waals surface area contributed by atoms with Crippen molar-refractivity contribution in [3.8, 4) is 0 Å². The quantitative estimate of drug-likeness (QED) is 0.799. The number of nitrogens with zero attached hydrogens (tertiary/aromatic N) is 1. The smallest absolute Gasteiger partial charge is 0.253 e. The van der Waals surface area contributed by atoms with Crippen molar-refractivity contribution in [2.45, 2.75) is 24.7 Å². The van der Waals surface area contributed by atoms with E-state index in [9.17, 15) is 13.2 Å². The maximum atomic E-state index is 12.0. The molecule has 1 heterocycles. The molecule has 116 valence electrons. The summed E-state index contributed by atoms with van der Waals surface area (Å²) in [6.07, 6.45) is 1.74. The molecule has 21 heavy (non-hydrogen) atoms. The second kappa shape index (κ2) is 7.02. The number of nitrogens with one attached hydrogen (secondary N) is 1. The zero-order chi connectivity index (χ0) is 15.3. The lowest BCUT2D eigenvalue weighted by molar-refractivity contribution is -0.125. The molecule has 0 aliphatic carbocycles. The molecule has 1 saturated heterocycles. The van der Waals surface area contributed by atoms with Crippen molar-refractivity contribution in [1.29, 1.82) is 0 Å². The lowest BCUT2D eigenvalue weighted by Gasteiger charge is -2.26. The summed E-state index contributed by atoms with van der Waals surface area (Å²) in [6.45, 7) is 3.48. The monoisotopic (exact) mass is 312 g/mol. The van der Waals surface area contributed by atoms with E-state index in [1.807, 2.05) is 6.92 Å². The number of anilines is 1. The Morgan fingerprint density at radius 1 is 1.29 bits per heavy atom. The molecule has 1 fully saturated rings. The number of carbonyl (C=O) groups excluding carboxylic acids is 1. The maximum absolute atomic E-state index is 12.0. The largest absolute Gasteiger partial charge is 0.370 e. The molecule has 0 unspecified atom stereocenters. The molecular weight excluding hydrogens is 292 g/mol. The van der Waals surface area contributed by atoms with Gasteiger partial charge >= 0.3 is 0 Å². The van der Waals surface area contributed by atoms with E-state index in [2.05, 4.69) is 4.72 Å². The fourth-order valence-electron chi connectivity index (χ4n) is 2.06. The molecule has 1 amide bonds. The van der Waals surface area contributed by atoms with Gasteiger partial charge in [0.15, 0.2) is 0 Å². The molecule has 1 aliphatic rings. The second-order valence-electron chi connectivity index (χ2n) is 4.84. The normalized spacial score (nSPS) is 16.2. The number of benzene rings is 1. The van der Waals surface area contributed by atoms with E-state index in [-0.39, 0.29) is 17.4 Å². The summed E-state index contributed by atoms with van der Waals surface area (Å²) in [5.41, 5.74) is 0.691. The fourth-order valence-corrected chi connectivity index (χ4v) is 3.14. The Labute approximate surface area is 125 Å². The van der Waals surface area contributed by atoms with Crippen molar-refractivity contribution in [3.05, 3.63) is 24.3 Å². The zero-order valence-corrected chi connectivity index (χ0v) is 12.9. The van der Waals surface area contributed by atoms with Gasteiger partial charge in [0, 0.05) is 18.8 Å². The maximum Gasteiger partial charge on any atom is 0.253 e. The third-order valence-corrected chi connectivity index (χ3v) is 4.74. The van der Waals surface area contributed by atoms with Gasteiger partial charge in [-0.15, -0.1) is 0 Å². The highest BCUT2D eigenvalue weighted by atomic mass is 32.2. The molecule has 0 aromatic heterocycles. The van der Waals surface area contributed by atoms with Crippen molar-refractivity contribution < 1.29 is 17.9 Å². The number of morpholine rings is 1. The van der Waals surface area contributed by atoms with Gasteiger partial charge in [-0.3, -0.25) is 4.79 Å². The molecule has 0 bridgehead atoms. The predicted molar refractivity (Wildman–Crippen MR) is 79.7 cm³/mol. The Balaban J connectivity index is 2.09. The van der Waals surface area contributed by atoms with Crippen LogP contribution in [0.3, 0.4) is 0 Å². The van der Waals surface area contributed by atoms with Gasteiger partial charge in [-0.1, -0.05) is 13.3 Å². The standard InChI is InChI=1S/C14H20N2O4S/c1-2-3-8-15-21(18,19)13-6-4-12(5-7-13)16-9-10-20-11-14(16)17/h4-7,15H,2-3,8-11H2,1H3. The molecule has 0 spiro atoms. The molecular formula is C14H20N2O4S. The number of hydrogen-bond donors (Lipinski definition) is 1. The summed E-state index contributed by atoms with van der Waals surface area (Å²) in [6, 6.07) is 6.34. The van der Waals surface area contributed by atoms with Gasteiger partial charge in [0.25, 0.3) is 5.91 Å². The summed E-state index contributed by atoms with van der Waals surface area (Å²) in [4.78, 5) is 13.5. The van der Waals surface area contributed by atoms with E-state index in [0.717, 1.165) is 12.8 Å². The van der Waals surface area contributed by atoms with Crippen LogP contribution in [0.1, 0.15) is 19.8 Å². The van der Waals surface area contributed by atoms with Gasteiger partial charge in [-0.2, -0.15) is 0 Å². The first-order valence-electron chi connectivity index (χ1n) is 7.02.